The minimum atomic E-state index is -0.0772. The lowest BCUT2D eigenvalue weighted by atomic mass is 10.0. The van der Waals surface area contributed by atoms with Crippen LogP contribution in [0.15, 0.2) is 30.6 Å². The quantitative estimate of drug-likeness (QED) is 0.556. The number of anilines is 2. The molecule has 1 saturated carbocycles. The van der Waals surface area contributed by atoms with Gasteiger partial charge in [-0.15, -0.1) is 0 Å². The number of nitrogens with two attached hydrogens (primary N) is 1. The molecule has 3 aliphatic rings. The summed E-state index contributed by atoms with van der Waals surface area (Å²) in [5.41, 5.74) is 8.13. The topological polar surface area (TPSA) is 101 Å². The highest BCUT2D eigenvalue weighted by Crippen LogP contribution is 2.40. The summed E-state index contributed by atoms with van der Waals surface area (Å²) in [5, 5.41) is 8.70. The minimum absolute atomic E-state index is 0.0772. The molecule has 3 fully saturated rings. The fraction of sp³-hybridized carbons (Fsp3) is 0.500. The van der Waals surface area contributed by atoms with E-state index in [4.69, 9.17) is 20.6 Å². The largest absolute Gasteiger partial charge is 0.488 e. The molecule has 2 aromatic rings. The summed E-state index contributed by atoms with van der Waals surface area (Å²) in [6.07, 6.45) is 3.64. The number of ether oxygens (including phenoxy) is 2. The molecule has 3 N–H and O–H groups in total. The van der Waals surface area contributed by atoms with Crippen LogP contribution in [0.3, 0.4) is 0 Å². The van der Waals surface area contributed by atoms with Gasteiger partial charge in [-0.3, -0.25) is 10.3 Å². The monoisotopic (exact) mass is 408 g/mol. The fourth-order valence-corrected chi connectivity index (χ4v) is 3.99. The molecule has 0 unspecified atom stereocenters. The Morgan fingerprint density at radius 1 is 1.20 bits per heavy atom. The zero-order chi connectivity index (χ0) is 20.7. The van der Waals surface area contributed by atoms with Crippen molar-refractivity contribution in [1.29, 1.82) is 5.41 Å². The maximum absolute atomic E-state index is 8.70. The van der Waals surface area contributed by atoms with Crippen LogP contribution in [0.25, 0.3) is 0 Å². The first-order valence-corrected chi connectivity index (χ1v) is 10.6. The van der Waals surface area contributed by atoms with Crippen molar-refractivity contribution in [2.45, 2.75) is 31.4 Å². The average molecular weight is 409 g/mol. The molecule has 2 aliphatic heterocycles. The van der Waals surface area contributed by atoms with Gasteiger partial charge in [-0.2, -0.15) is 0 Å². The molecule has 158 valence electrons. The summed E-state index contributed by atoms with van der Waals surface area (Å²) in [6.45, 7) is 7.59. The lowest BCUT2D eigenvalue weighted by Crippen LogP contribution is -2.61. The van der Waals surface area contributed by atoms with Crippen molar-refractivity contribution in [3.8, 4) is 5.75 Å². The molecule has 8 heteroatoms. The van der Waals surface area contributed by atoms with E-state index >= 15 is 0 Å². The van der Waals surface area contributed by atoms with E-state index in [1.165, 1.54) is 6.33 Å². The maximum Gasteiger partial charge on any atom is 0.132 e. The Balaban J connectivity index is 1.29. The molecule has 0 amide bonds. The molecule has 1 aliphatic carbocycles. The smallest absolute Gasteiger partial charge is 0.132 e. The summed E-state index contributed by atoms with van der Waals surface area (Å²) in [7, 11) is 0. The molecule has 5 rings (SSSR count). The first-order chi connectivity index (χ1) is 14.5. The molecule has 0 atom stereocenters. The lowest BCUT2D eigenvalue weighted by Gasteiger charge is -2.47. The van der Waals surface area contributed by atoms with Crippen LogP contribution in [-0.2, 0) is 4.74 Å². The Morgan fingerprint density at radius 2 is 1.97 bits per heavy atom. The number of rotatable bonds is 6. The molecule has 0 spiro atoms. The van der Waals surface area contributed by atoms with E-state index in [9.17, 15) is 0 Å². The summed E-state index contributed by atoms with van der Waals surface area (Å²) >= 11 is 0. The van der Waals surface area contributed by atoms with Gasteiger partial charge in [0.2, 0.25) is 0 Å². The molecule has 1 aromatic heterocycles. The SMILES string of the molecule is CC1(Oc2ccc(N)c(C(=N)c3cc(N4CC(N5CCOCC5)C4)ncn3)c2)CC1. The van der Waals surface area contributed by atoms with E-state index in [-0.39, 0.29) is 11.3 Å². The van der Waals surface area contributed by atoms with E-state index in [1.807, 2.05) is 18.2 Å². The third-order valence-electron chi connectivity index (χ3n) is 6.27. The van der Waals surface area contributed by atoms with Crippen molar-refractivity contribution >= 4 is 17.2 Å². The minimum Gasteiger partial charge on any atom is -0.488 e. The van der Waals surface area contributed by atoms with E-state index < -0.39 is 0 Å². The number of nitrogens with one attached hydrogen (secondary N) is 1. The van der Waals surface area contributed by atoms with Gasteiger partial charge in [-0.1, -0.05) is 0 Å². The van der Waals surface area contributed by atoms with Crippen molar-refractivity contribution in [3.05, 3.63) is 41.9 Å². The van der Waals surface area contributed by atoms with Crippen LogP contribution in [0.1, 0.15) is 31.0 Å². The number of aromatic nitrogens is 2. The number of nitrogens with zero attached hydrogens (tertiary/aromatic N) is 4. The van der Waals surface area contributed by atoms with Crippen molar-refractivity contribution < 1.29 is 9.47 Å². The number of hydrogen-bond acceptors (Lipinski definition) is 8. The van der Waals surface area contributed by atoms with Crippen LogP contribution in [-0.4, -0.2) is 71.6 Å². The highest BCUT2D eigenvalue weighted by atomic mass is 16.5. The molecule has 8 nitrogen and oxygen atoms in total. The summed E-state index contributed by atoms with van der Waals surface area (Å²) in [4.78, 5) is 13.5. The molecular formula is C22H28N6O2. The molecule has 30 heavy (non-hydrogen) atoms. The number of nitrogen functional groups attached to an aromatic ring is 1. The summed E-state index contributed by atoms with van der Waals surface area (Å²) < 4.78 is 11.5. The van der Waals surface area contributed by atoms with E-state index in [1.54, 1.807) is 6.07 Å². The van der Waals surface area contributed by atoms with Crippen LogP contribution < -0.4 is 15.4 Å². The van der Waals surface area contributed by atoms with E-state index in [0.717, 1.165) is 63.8 Å². The lowest BCUT2D eigenvalue weighted by molar-refractivity contribution is 0.0104. The van der Waals surface area contributed by atoms with Crippen LogP contribution in [0, 0.1) is 5.41 Å². The Hall–Kier alpha value is -2.71. The van der Waals surface area contributed by atoms with Crippen LogP contribution in [0.2, 0.25) is 0 Å². The van der Waals surface area contributed by atoms with Gasteiger partial charge in [0.1, 0.15) is 23.5 Å². The van der Waals surface area contributed by atoms with Crippen molar-refractivity contribution in [2.24, 2.45) is 0 Å². The Bertz CT molecular complexity index is 948. The first-order valence-electron chi connectivity index (χ1n) is 10.6. The summed E-state index contributed by atoms with van der Waals surface area (Å²) in [5.74, 6) is 1.60. The van der Waals surface area contributed by atoms with Crippen molar-refractivity contribution in [2.75, 3.05) is 50.0 Å². The van der Waals surface area contributed by atoms with Gasteiger partial charge in [0.05, 0.1) is 24.6 Å². The Morgan fingerprint density at radius 3 is 2.70 bits per heavy atom. The van der Waals surface area contributed by atoms with Crippen molar-refractivity contribution in [1.82, 2.24) is 14.9 Å². The molecule has 3 heterocycles. The van der Waals surface area contributed by atoms with Gasteiger partial charge in [0.25, 0.3) is 0 Å². The normalized spacial score (nSPS) is 21.2. The van der Waals surface area contributed by atoms with Gasteiger partial charge in [0, 0.05) is 49.5 Å². The molecule has 1 aromatic carbocycles. The second-order valence-corrected chi connectivity index (χ2v) is 8.64. The van der Waals surface area contributed by atoms with E-state index in [0.29, 0.717) is 23.0 Å². The van der Waals surface area contributed by atoms with Crippen LogP contribution >= 0.6 is 0 Å². The first kappa shape index (κ1) is 19.3. The number of hydrogen-bond donors (Lipinski definition) is 2. The van der Waals surface area contributed by atoms with Gasteiger partial charge in [-0.05, 0) is 38.0 Å². The second-order valence-electron chi connectivity index (χ2n) is 8.64. The van der Waals surface area contributed by atoms with Gasteiger partial charge in [0.15, 0.2) is 0 Å². The van der Waals surface area contributed by atoms with Crippen molar-refractivity contribution in [3.63, 3.8) is 0 Å². The maximum atomic E-state index is 8.70. The van der Waals surface area contributed by atoms with Gasteiger partial charge in [-0.25, -0.2) is 9.97 Å². The zero-order valence-corrected chi connectivity index (χ0v) is 17.3. The Kier molecular flexibility index (Phi) is 4.83. The predicted octanol–water partition coefficient (Wildman–Crippen LogP) is 1.93. The standard InChI is InChI=1S/C22H28N6O2/c1-22(4-5-22)30-16-2-3-18(23)17(10-16)21(24)19-11-20(26-14-25-19)28-12-15(13-28)27-6-8-29-9-7-27/h2-3,10-11,14-15,24H,4-9,12-13,23H2,1H3. The highest BCUT2D eigenvalue weighted by molar-refractivity contribution is 6.13. The number of morpholine rings is 1. The van der Waals surface area contributed by atoms with E-state index in [2.05, 4.69) is 26.7 Å². The predicted molar refractivity (Wildman–Crippen MR) is 115 cm³/mol. The Labute approximate surface area is 176 Å². The molecule has 0 bridgehead atoms. The highest BCUT2D eigenvalue weighted by Gasteiger charge is 2.40. The third-order valence-corrected chi connectivity index (χ3v) is 6.27. The van der Waals surface area contributed by atoms with Gasteiger partial charge < -0.3 is 20.1 Å². The second kappa shape index (κ2) is 7.52. The third kappa shape index (κ3) is 3.85. The fourth-order valence-electron chi connectivity index (χ4n) is 3.99. The van der Waals surface area contributed by atoms with Crippen LogP contribution in [0.4, 0.5) is 11.5 Å². The van der Waals surface area contributed by atoms with Crippen LogP contribution in [0.5, 0.6) is 5.75 Å². The number of benzene rings is 1. The summed E-state index contributed by atoms with van der Waals surface area (Å²) in [6, 6.07) is 7.94. The molecule has 0 radical (unpaired) electrons. The molecular weight excluding hydrogens is 380 g/mol. The zero-order valence-electron chi connectivity index (χ0n) is 17.3. The molecule has 2 saturated heterocycles. The van der Waals surface area contributed by atoms with Gasteiger partial charge >= 0.3 is 0 Å². The average Bonchev–Trinajstić information content (AvgIpc) is 3.45.